The van der Waals surface area contributed by atoms with Gasteiger partial charge in [0, 0.05) is 24.1 Å². The van der Waals surface area contributed by atoms with Gasteiger partial charge in [0.25, 0.3) is 0 Å². The number of Topliss-reactive ketones (excluding diaryl/α,β-unsaturated/α-hetero) is 1. The molecular formula is C20H14N2O9. The van der Waals surface area contributed by atoms with E-state index in [-0.39, 0.29) is 39.3 Å². The van der Waals surface area contributed by atoms with Gasteiger partial charge in [0.15, 0.2) is 28.8 Å². The Morgan fingerprint density at radius 1 is 1.06 bits per heavy atom. The summed E-state index contributed by atoms with van der Waals surface area (Å²) in [5.74, 6) is -3.82. The minimum atomic E-state index is -1.89. The Kier molecular flexibility index (Phi) is 4.59. The molecule has 1 aromatic heterocycles. The SMILES string of the molecule is O=C(O)c1cc(=O)c2c3c(cc(O)c2[nH]1)Oc1cccc(C(=O)C[C@H](O)C(=O)O)c1N3. The van der Waals surface area contributed by atoms with Crippen LogP contribution in [0.2, 0.25) is 0 Å². The Morgan fingerprint density at radius 3 is 2.48 bits per heavy atom. The van der Waals surface area contributed by atoms with Crippen molar-refractivity contribution < 1.29 is 39.5 Å². The monoisotopic (exact) mass is 426 g/mol. The number of rotatable bonds is 5. The molecule has 0 saturated heterocycles. The van der Waals surface area contributed by atoms with Gasteiger partial charge in [0.2, 0.25) is 0 Å². The lowest BCUT2D eigenvalue weighted by atomic mass is 10.0. The molecule has 0 saturated carbocycles. The number of aliphatic hydroxyl groups is 1. The van der Waals surface area contributed by atoms with Gasteiger partial charge in [-0.25, -0.2) is 9.59 Å². The quantitative estimate of drug-likeness (QED) is 0.203. The number of phenols is 1. The molecular weight excluding hydrogens is 412 g/mol. The summed E-state index contributed by atoms with van der Waals surface area (Å²) in [5.41, 5.74) is -1.06. The molecule has 1 aliphatic rings. The highest BCUT2D eigenvalue weighted by Gasteiger charge is 2.28. The lowest BCUT2D eigenvalue weighted by Gasteiger charge is -2.25. The maximum absolute atomic E-state index is 12.6. The molecule has 11 nitrogen and oxygen atoms in total. The number of phenolic OH excluding ortho intramolecular Hbond substituents is 1. The first-order valence-electron chi connectivity index (χ1n) is 8.85. The molecule has 0 aliphatic carbocycles. The van der Waals surface area contributed by atoms with Gasteiger partial charge in [-0.3, -0.25) is 9.59 Å². The molecule has 1 aliphatic heterocycles. The number of aliphatic hydroxyl groups excluding tert-OH is 1. The van der Waals surface area contributed by atoms with Gasteiger partial charge in [-0.15, -0.1) is 0 Å². The van der Waals surface area contributed by atoms with Crippen molar-refractivity contribution in [3.8, 4) is 17.2 Å². The molecule has 2 heterocycles. The Balaban J connectivity index is 1.86. The van der Waals surface area contributed by atoms with Crippen molar-refractivity contribution in [3.05, 3.63) is 51.8 Å². The van der Waals surface area contributed by atoms with Crippen LogP contribution in [0.15, 0.2) is 35.1 Å². The van der Waals surface area contributed by atoms with Crippen LogP contribution in [-0.2, 0) is 4.79 Å². The van der Waals surface area contributed by atoms with Crippen molar-refractivity contribution >= 4 is 40.0 Å². The second-order valence-corrected chi connectivity index (χ2v) is 6.76. The summed E-state index contributed by atoms with van der Waals surface area (Å²) in [6, 6.07) is 6.42. The van der Waals surface area contributed by atoms with E-state index in [1.165, 1.54) is 24.3 Å². The number of hydrogen-bond donors (Lipinski definition) is 6. The summed E-state index contributed by atoms with van der Waals surface area (Å²) < 4.78 is 5.72. The molecule has 0 unspecified atom stereocenters. The summed E-state index contributed by atoms with van der Waals surface area (Å²) in [6.07, 6.45) is -2.57. The fraction of sp³-hybridized carbons (Fsp3) is 0.100. The Labute approximate surface area is 172 Å². The summed E-state index contributed by atoms with van der Waals surface area (Å²) in [4.78, 5) is 49.7. The number of pyridine rings is 1. The maximum Gasteiger partial charge on any atom is 0.352 e. The first kappa shape index (κ1) is 19.9. The number of ether oxygens (including phenoxy) is 1. The van der Waals surface area contributed by atoms with Crippen molar-refractivity contribution in [2.24, 2.45) is 0 Å². The minimum absolute atomic E-state index is 0.0169. The molecule has 0 spiro atoms. The number of aliphatic carboxylic acids is 1. The number of carboxylic acids is 2. The van der Waals surface area contributed by atoms with Crippen molar-refractivity contribution in [1.82, 2.24) is 4.98 Å². The fourth-order valence-corrected chi connectivity index (χ4v) is 3.31. The molecule has 2 aromatic carbocycles. The number of carbonyl (C=O) groups excluding carboxylic acids is 1. The van der Waals surface area contributed by atoms with Gasteiger partial charge in [0.05, 0.1) is 22.3 Å². The molecule has 0 bridgehead atoms. The number of aromatic carboxylic acids is 1. The van der Waals surface area contributed by atoms with E-state index in [0.717, 1.165) is 6.07 Å². The molecule has 6 N–H and O–H groups in total. The van der Waals surface area contributed by atoms with E-state index in [2.05, 4.69) is 10.3 Å². The average molecular weight is 426 g/mol. The molecule has 0 amide bonds. The smallest absolute Gasteiger partial charge is 0.352 e. The van der Waals surface area contributed by atoms with Crippen LogP contribution < -0.4 is 15.5 Å². The average Bonchev–Trinajstić information content (AvgIpc) is 2.71. The van der Waals surface area contributed by atoms with E-state index < -0.39 is 47.1 Å². The highest BCUT2D eigenvalue weighted by atomic mass is 16.5. The summed E-state index contributed by atoms with van der Waals surface area (Å²) in [5, 5.41) is 40.6. The highest BCUT2D eigenvalue weighted by Crippen LogP contribution is 2.48. The first-order chi connectivity index (χ1) is 14.7. The van der Waals surface area contributed by atoms with E-state index in [4.69, 9.17) is 14.9 Å². The number of anilines is 2. The number of nitrogens with one attached hydrogen (secondary N) is 2. The normalized spacial score (nSPS) is 12.8. The van der Waals surface area contributed by atoms with Crippen LogP contribution in [0.1, 0.15) is 27.3 Å². The lowest BCUT2D eigenvalue weighted by Crippen LogP contribution is -2.23. The van der Waals surface area contributed by atoms with Gasteiger partial charge in [-0.1, -0.05) is 6.07 Å². The van der Waals surface area contributed by atoms with Crippen LogP contribution >= 0.6 is 0 Å². The Bertz CT molecular complexity index is 1340. The molecule has 3 aromatic rings. The molecule has 11 heteroatoms. The number of fused-ring (bicyclic) bond motifs is 4. The van der Waals surface area contributed by atoms with E-state index in [9.17, 15) is 29.4 Å². The number of aromatic nitrogens is 1. The predicted octanol–water partition coefficient (Wildman–Crippen LogP) is 1.80. The number of hydrogen-bond acceptors (Lipinski definition) is 8. The highest BCUT2D eigenvalue weighted by molar-refractivity contribution is 6.08. The van der Waals surface area contributed by atoms with Gasteiger partial charge in [0.1, 0.15) is 11.4 Å². The molecule has 31 heavy (non-hydrogen) atoms. The zero-order chi connectivity index (χ0) is 22.4. The van der Waals surface area contributed by atoms with E-state index in [0.29, 0.717) is 0 Å². The molecule has 0 radical (unpaired) electrons. The third-order valence-corrected chi connectivity index (χ3v) is 4.74. The third-order valence-electron chi connectivity index (χ3n) is 4.74. The largest absolute Gasteiger partial charge is 0.506 e. The van der Waals surface area contributed by atoms with Crippen LogP contribution in [0.25, 0.3) is 10.9 Å². The van der Waals surface area contributed by atoms with E-state index >= 15 is 0 Å². The zero-order valence-corrected chi connectivity index (χ0v) is 15.5. The number of aromatic amines is 1. The number of aromatic hydroxyl groups is 1. The number of benzene rings is 2. The van der Waals surface area contributed by atoms with Crippen LogP contribution in [0.3, 0.4) is 0 Å². The fourth-order valence-electron chi connectivity index (χ4n) is 3.31. The number of carboxylic acid groups (broad SMARTS) is 2. The van der Waals surface area contributed by atoms with Crippen LogP contribution in [0.4, 0.5) is 11.4 Å². The predicted molar refractivity (Wildman–Crippen MR) is 106 cm³/mol. The number of H-pyrrole nitrogens is 1. The second-order valence-electron chi connectivity index (χ2n) is 6.76. The molecule has 0 fully saturated rings. The van der Waals surface area contributed by atoms with Crippen LogP contribution in [0.5, 0.6) is 17.2 Å². The summed E-state index contributed by atoms with van der Waals surface area (Å²) in [6.45, 7) is 0. The lowest BCUT2D eigenvalue weighted by molar-refractivity contribution is -0.146. The van der Waals surface area contributed by atoms with Gasteiger partial charge in [-0.2, -0.15) is 0 Å². The Hall–Kier alpha value is -4.38. The first-order valence-corrected chi connectivity index (χ1v) is 8.85. The van der Waals surface area contributed by atoms with Crippen LogP contribution in [-0.4, -0.2) is 49.2 Å². The van der Waals surface area contributed by atoms with Crippen molar-refractivity contribution in [1.29, 1.82) is 0 Å². The number of ketones is 1. The summed E-state index contributed by atoms with van der Waals surface area (Å²) in [7, 11) is 0. The maximum atomic E-state index is 12.6. The van der Waals surface area contributed by atoms with E-state index in [1.54, 1.807) is 0 Å². The van der Waals surface area contributed by atoms with Crippen LogP contribution in [0, 0.1) is 0 Å². The van der Waals surface area contributed by atoms with Gasteiger partial charge < -0.3 is 35.5 Å². The zero-order valence-electron chi connectivity index (χ0n) is 15.5. The molecule has 158 valence electrons. The van der Waals surface area contributed by atoms with Gasteiger partial charge >= 0.3 is 11.9 Å². The van der Waals surface area contributed by atoms with Crippen molar-refractivity contribution in [3.63, 3.8) is 0 Å². The van der Waals surface area contributed by atoms with Crippen molar-refractivity contribution in [2.75, 3.05) is 5.32 Å². The topological polar surface area (TPSA) is 186 Å². The molecule has 1 atom stereocenters. The standard InChI is InChI=1S/C20H14N2O9/c23-9(5-12(26)20(29)30)7-2-1-3-13-16(7)22-18-14(31-13)6-11(25)17-15(18)10(24)4-8(21-17)19(27)28/h1-4,6,12,22,25-26H,5H2,(H,21,24)(H,27,28)(H,29,30)/t12-/m0/s1. The summed E-state index contributed by atoms with van der Waals surface area (Å²) >= 11 is 0. The second kappa shape index (κ2) is 7.15. The Morgan fingerprint density at radius 2 is 1.81 bits per heavy atom. The van der Waals surface area contributed by atoms with E-state index in [1.807, 2.05) is 0 Å². The van der Waals surface area contributed by atoms with Crippen molar-refractivity contribution in [2.45, 2.75) is 12.5 Å². The molecule has 4 rings (SSSR count). The number of para-hydroxylation sites is 1. The van der Waals surface area contributed by atoms with Gasteiger partial charge in [-0.05, 0) is 12.1 Å². The third kappa shape index (κ3) is 3.32. The number of carbonyl (C=O) groups is 3. The minimum Gasteiger partial charge on any atom is -0.506 e.